The number of unbranched alkanes of at least 4 members (excludes halogenated alkanes) is 1. The molecule has 0 spiro atoms. The van der Waals surface area contributed by atoms with Gasteiger partial charge in [-0.15, -0.1) is 11.8 Å². The van der Waals surface area contributed by atoms with Crippen molar-refractivity contribution in [1.29, 1.82) is 0 Å². The third kappa shape index (κ3) is 5.97. The van der Waals surface area contributed by atoms with Gasteiger partial charge in [0.2, 0.25) is 11.8 Å². The minimum atomic E-state index is -0.720. The zero-order valence-corrected chi connectivity index (χ0v) is 23.6. The van der Waals surface area contributed by atoms with Crippen molar-refractivity contribution >= 4 is 29.4 Å². The van der Waals surface area contributed by atoms with E-state index >= 15 is 4.39 Å². The molecule has 4 aromatic rings. The van der Waals surface area contributed by atoms with Crippen LogP contribution in [-0.4, -0.2) is 47.5 Å². The van der Waals surface area contributed by atoms with Crippen molar-refractivity contribution in [3.05, 3.63) is 95.6 Å². The number of aromatic nitrogens is 2. The Hall–Kier alpha value is -4.18. The molecule has 212 valence electrons. The lowest BCUT2D eigenvalue weighted by Crippen LogP contribution is -2.42. The van der Waals surface area contributed by atoms with Crippen LogP contribution in [0.25, 0.3) is 16.9 Å². The molecule has 0 fully saturated rings. The van der Waals surface area contributed by atoms with Crippen LogP contribution in [0.4, 0.5) is 14.6 Å². The second-order valence-electron chi connectivity index (χ2n) is 9.60. The molecule has 1 aromatic heterocycles. The average Bonchev–Trinajstić information content (AvgIpc) is 3.31. The Morgan fingerprint density at radius 3 is 2.54 bits per heavy atom. The minimum Gasteiger partial charge on any atom is -0.497 e. The fraction of sp³-hybridized carbons (Fsp3) is 0.258. The number of hydrogen-bond donors (Lipinski definition) is 1. The van der Waals surface area contributed by atoms with E-state index in [1.165, 1.54) is 28.8 Å². The van der Waals surface area contributed by atoms with Crippen LogP contribution < -0.4 is 15.0 Å². The van der Waals surface area contributed by atoms with E-state index < -0.39 is 16.9 Å². The Morgan fingerprint density at radius 2 is 1.85 bits per heavy atom. The van der Waals surface area contributed by atoms with Gasteiger partial charge in [0.1, 0.15) is 29.7 Å². The highest BCUT2D eigenvalue weighted by molar-refractivity contribution is 8.00. The summed E-state index contributed by atoms with van der Waals surface area (Å²) in [5, 5.41) is 7.14. The van der Waals surface area contributed by atoms with Crippen LogP contribution in [0, 0.1) is 11.6 Å². The Morgan fingerprint density at radius 1 is 1.10 bits per heavy atom. The van der Waals surface area contributed by atoms with Crippen molar-refractivity contribution in [1.82, 2.24) is 15.1 Å². The van der Waals surface area contributed by atoms with E-state index in [2.05, 4.69) is 5.32 Å². The van der Waals surface area contributed by atoms with Crippen LogP contribution in [0.5, 0.6) is 5.75 Å². The molecule has 7 nitrogen and oxygen atoms in total. The standard InChI is InChI=1S/C31H30F2N4O3S/c1-3-4-16-34-26(38)18-36-27(39)19-41-30(24-15-10-21(32)17-25(24)33)28-29(20-8-6-5-7-9-20)35-37(31(28)36)22-11-13-23(40-2)14-12-22/h5-15,17,30H,3-4,16,18-19H2,1-2H3,(H,34,38). The van der Waals surface area contributed by atoms with E-state index in [0.29, 0.717) is 35.1 Å². The van der Waals surface area contributed by atoms with Gasteiger partial charge in [0, 0.05) is 29.3 Å². The quantitative estimate of drug-likeness (QED) is 0.251. The average molecular weight is 577 g/mol. The summed E-state index contributed by atoms with van der Waals surface area (Å²) in [6, 6.07) is 20.0. The van der Waals surface area contributed by atoms with Gasteiger partial charge in [-0.2, -0.15) is 5.10 Å². The number of anilines is 1. The number of ether oxygens (including phenoxy) is 1. The molecule has 1 aliphatic heterocycles. The first kappa shape index (κ1) is 28.4. The van der Waals surface area contributed by atoms with Gasteiger partial charge in [0.05, 0.1) is 29.5 Å². The largest absolute Gasteiger partial charge is 0.497 e. The van der Waals surface area contributed by atoms with Crippen molar-refractivity contribution in [2.75, 3.05) is 30.9 Å². The SMILES string of the molecule is CCCCNC(=O)CN1C(=O)CSC(c2ccc(F)cc2F)c2c(-c3ccccc3)nn(-c3ccc(OC)cc3)c21. The highest BCUT2D eigenvalue weighted by atomic mass is 32.2. The predicted octanol–water partition coefficient (Wildman–Crippen LogP) is 5.91. The molecule has 10 heteroatoms. The van der Waals surface area contributed by atoms with Gasteiger partial charge in [-0.1, -0.05) is 49.7 Å². The fourth-order valence-corrected chi connectivity index (χ4v) is 6.02. The van der Waals surface area contributed by atoms with E-state index in [0.717, 1.165) is 24.5 Å². The lowest BCUT2D eigenvalue weighted by atomic mass is 9.99. The highest BCUT2D eigenvalue weighted by Gasteiger charge is 2.38. The van der Waals surface area contributed by atoms with Gasteiger partial charge in [-0.25, -0.2) is 13.5 Å². The molecule has 0 saturated heterocycles. The smallest absolute Gasteiger partial charge is 0.240 e. The lowest BCUT2D eigenvalue weighted by Gasteiger charge is -2.23. The number of nitrogens with one attached hydrogen (secondary N) is 1. The Labute approximate surface area is 241 Å². The van der Waals surface area contributed by atoms with Crippen LogP contribution in [0.15, 0.2) is 72.8 Å². The fourth-order valence-electron chi connectivity index (χ4n) is 4.80. The van der Waals surface area contributed by atoms with Crippen LogP contribution in [0.2, 0.25) is 0 Å². The number of carbonyl (C=O) groups is 2. The van der Waals surface area contributed by atoms with Crippen LogP contribution in [0.3, 0.4) is 0 Å². The molecule has 3 aromatic carbocycles. The number of amides is 2. The maximum absolute atomic E-state index is 15.3. The molecule has 1 unspecified atom stereocenters. The van der Waals surface area contributed by atoms with Crippen LogP contribution in [0.1, 0.15) is 36.1 Å². The summed E-state index contributed by atoms with van der Waals surface area (Å²) in [4.78, 5) is 28.2. The number of benzene rings is 3. The van der Waals surface area contributed by atoms with Gasteiger partial charge in [0.15, 0.2) is 0 Å². The summed E-state index contributed by atoms with van der Waals surface area (Å²) < 4.78 is 36.2. The number of methoxy groups -OCH3 is 1. The van der Waals surface area contributed by atoms with Crippen molar-refractivity contribution < 1.29 is 23.1 Å². The monoisotopic (exact) mass is 576 g/mol. The van der Waals surface area contributed by atoms with E-state index in [1.54, 1.807) is 36.1 Å². The maximum Gasteiger partial charge on any atom is 0.240 e. The topological polar surface area (TPSA) is 76.5 Å². The van der Waals surface area contributed by atoms with Crippen LogP contribution in [-0.2, 0) is 9.59 Å². The Balaban J connectivity index is 1.76. The molecule has 0 aliphatic carbocycles. The number of rotatable bonds is 9. The first-order valence-corrected chi connectivity index (χ1v) is 14.4. The zero-order valence-electron chi connectivity index (χ0n) is 22.8. The molecule has 2 heterocycles. The second kappa shape index (κ2) is 12.6. The van der Waals surface area contributed by atoms with Crippen molar-refractivity contribution in [2.45, 2.75) is 25.0 Å². The lowest BCUT2D eigenvalue weighted by molar-refractivity contribution is -0.122. The summed E-state index contributed by atoms with van der Waals surface area (Å²) in [5.41, 5.74) is 2.70. The van der Waals surface area contributed by atoms with Gasteiger partial charge in [-0.3, -0.25) is 14.5 Å². The molecule has 41 heavy (non-hydrogen) atoms. The van der Waals surface area contributed by atoms with Crippen molar-refractivity contribution in [3.8, 4) is 22.7 Å². The highest BCUT2D eigenvalue weighted by Crippen LogP contribution is 2.49. The predicted molar refractivity (Wildman–Crippen MR) is 156 cm³/mol. The van der Waals surface area contributed by atoms with Crippen molar-refractivity contribution in [2.24, 2.45) is 0 Å². The number of halogens is 2. The third-order valence-electron chi connectivity index (χ3n) is 6.85. The first-order valence-electron chi connectivity index (χ1n) is 13.4. The second-order valence-corrected chi connectivity index (χ2v) is 10.7. The molecule has 0 saturated carbocycles. The van der Waals surface area contributed by atoms with Crippen LogP contribution >= 0.6 is 11.8 Å². The minimum absolute atomic E-state index is 0.0186. The molecule has 5 rings (SSSR count). The summed E-state index contributed by atoms with van der Waals surface area (Å²) in [7, 11) is 1.57. The molecular weight excluding hydrogens is 546 g/mol. The molecule has 2 amide bonds. The zero-order chi connectivity index (χ0) is 28.9. The Bertz CT molecular complexity index is 1540. The van der Waals surface area contributed by atoms with E-state index in [9.17, 15) is 14.0 Å². The summed E-state index contributed by atoms with van der Waals surface area (Å²) in [6.07, 6.45) is 1.73. The molecule has 0 bridgehead atoms. The summed E-state index contributed by atoms with van der Waals surface area (Å²) in [6.45, 7) is 2.29. The van der Waals surface area contributed by atoms with Gasteiger partial charge < -0.3 is 10.1 Å². The van der Waals surface area contributed by atoms with E-state index in [1.807, 2.05) is 37.3 Å². The number of hydrogen-bond acceptors (Lipinski definition) is 5. The number of fused-ring (bicyclic) bond motifs is 1. The van der Waals surface area contributed by atoms with Gasteiger partial charge in [0.25, 0.3) is 0 Å². The van der Waals surface area contributed by atoms with E-state index in [4.69, 9.17) is 9.84 Å². The molecular formula is C31H30F2N4O3S. The molecule has 1 N–H and O–H groups in total. The first-order chi connectivity index (χ1) is 19.9. The van der Waals surface area contributed by atoms with Gasteiger partial charge in [-0.05, 0) is 36.8 Å². The number of carbonyl (C=O) groups excluding carboxylic acids is 2. The maximum atomic E-state index is 15.3. The number of nitrogens with zero attached hydrogens (tertiary/aromatic N) is 3. The molecule has 1 atom stereocenters. The van der Waals surface area contributed by atoms with E-state index in [-0.39, 0.29) is 29.7 Å². The van der Waals surface area contributed by atoms with Crippen molar-refractivity contribution in [3.63, 3.8) is 0 Å². The normalized spacial score (nSPS) is 14.9. The molecule has 0 radical (unpaired) electrons. The Kier molecular flexibility index (Phi) is 8.68. The van der Waals surface area contributed by atoms with Gasteiger partial charge >= 0.3 is 0 Å². The molecule has 1 aliphatic rings. The summed E-state index contributed by atoms with van der Waals surface area (Å²) >= 11 is 1.22. The summed E-state index contributed by atoms with van der Waals surface area (Å²) in [5.74, 6) is -1.05. The number of thioether (sulfide) groups is 1. The third-order valence-corrected chi connectivity index (χ3v) is 8.09.